The van der Waals surface area contributed by atoms with Gasteiger partial charge in [-0.3, -0.25) is 14.9 Å². The molecule has 0 saturated carbocycles. The number of carbonyl (C=O) groups excluding carboxylic acids is 1. The summed E-state index contributed by atoms with van der Waals surface area (Å²) in [5.41, 5.74) is 0.554. The molecular weight excluding hydrogens is 438 g/mol. The van der Waals surface area contributed by atoms with Gasteiger partial charge in [-0.2, -0.15) is 5.26 Å². The molecule has 32 heavy (non-hydrogen) atoms. The Hall–Kier alpha value is -4.29. The number of hydrogen-bond donors (Lipinski definition) is 1. The molecule has 1 amide bonds. The number of fused-ring (bicyclic) bond motifs is 1. The number of nitriles is 1. The van der Waals surface area contributed by atoms with Crippen LogP contribution in [0.4, 0.5) is 11.4 Å². The van der Waals surface area contributed by atoms with E-state index in [2.05, 4.69) is 5.32 Å². The highest BCUT2D eigenvalue weighted by Crippen LogP contribution is 2.34. The molecule has 9 nitrogen and oxygen atoms in total. The first-order valence-corrected chi connectivity index (χ1v) is 9.69. The predicted octanol–water partition coefficient (Wildman–Crippen LogP) is 4.83. The number of carbonyl (C=O) groups is 1. The molecule has 0 spiro atoms. The van der Waals surface area contributed by atoms with Crippen LogP contribution in [-0.4, -0.2) is 24.0 Å². The van der Waals surface area contributed by atoms with Crippen molar-refractivity contribution in [1.82, 2.24) is 0 Å². The van der Waals surface area contributed by atoms with E-state index in [1.807, 2.05) is 6.07 Å². The second-order valence-corrected chi connectivity index (χ2v) is 7.01. The molecule has 3 aromatic rings. The molecule has 4 rings (SSSR count). The minimum atomic E-state index is -0.629. The molecule has 1 N–H and O–H groups in total. The van der Waals surface area contributed by atoms with Crippen molar-refractivity contribution in [3.05, 3.63) is 75.0 Å². The zero-order chi connectivity index (χ0) is 22.7. The van der Waals surface area contributed by atoms with Crippen LogP contribution in [0.25, 0.3) is 17.4 Å². The maximum absolute atomic E-state index is 12.5. The van der Waals surface area contributed by atoms with Gasteiger partial charge in [-0.1, -0.05) is 11.6 Å². The number of nitrogens with one attached hydrogen (secondary N) is 1. The zero-order valence-corrected chi connectivity index (χ0v) is 17.1. The van der Waals surface area contributed by atoms with Crippen molar-refractivity contribution in [1.29, 1.82) is 5.26 Å². The average Bonchev–Trinajstić information content (AvgIpc) is 3.25. The summed E-state index contributed by atoms with van der Waals surface area (Å²) in [6, 6.07) is 13.9. The first-order valence-electron chi connectivity index (χ1n) is 9.31. The summed E-state index contributed by atoms with van der Waals surface area (Å²) in [4.78, 5) is 22.9. The van der Waals surface area contributed by atoms with Crippen molar-refractivity contribution in [3.8, 4) is 28.9 Å². The SMILES string of the molecule is N#C/C(=C\c1ccc(-c2ccc([N+](=O)[O-])cc2Cl)o1)C(=O)Nc1ccc2c(c1)OCCO2. The maximum atomic E-state index is 12.5. The minimum absolute atomic E-state index is 0.140. The zero-order valence-electron chi connectivity index (χ0n) is 16.3. The number of rotatable bonds is 5. The molecule has 1 aliphatic rings. The van der Waals surface area contributed by atoms with Crippen molar-refractivity contribution in [2.45, 2.75) is 0 Å². The third-order valence-electron chi connectivity index (χ3n) is 4.51. The fourth-order valence-electron chi connectivity index (χ4n) is 3.00. The van der Waals surface area contributed by atoms with Gasteiger partial charge in [0.1, 0.15) is 36.4 Å². The molecule has 2 heterocycles. The van der Waals surface area contributed by atoms with E-state index in [1.54, 1.807) is 30.3 Å². The van der Waals surface area contributed by atoms with Crippen molar-refractivity contribution >= 4 is 35.0 Å². The Balaban J connectivity index is 1.53. The summed E-state index contributed by atoms with van der Waals surface area (Å²) in [6.07, 6.45) is 1.29. The van der Waals surface area contributed by atoms with E-state index in [9.17, 15) is 20.2 Å². The molecule has 0 bridgehead atoms. The van der Waals surface area contributed by atoms with Gasteiger partial charge in [-0.15, -0.1) is 0 Å². The lowest BCUT2D eigenvalue weighted by Crippen LogP contribution is -2.17. The quantitative estimate of drug-likeness (QED) is 0.255. The number of amides is 1. The smallest absolute Gasteiger partial charge is 0.270 e. The lowest BCUT2D eigenvalue weighted by Gasteiger charge is -2.18. The molecule has 0 radical (unpaired) electrons. The highest BCUT2D eigenvalue weighted by molar-refractivity contribution is 6.33. The van der Waals surface area contributed by atoms with Crippen LogP contribution in [-0.2, 0) is 4.79 Å². The molecule has 2 aromatic carbocycles. The molecule has 1 aromatic heterocycles. The predicted molar refractivity (Wildman–Crippen MR) is 115 cm³/mol. The van der Waals surface area contributed by atoms with Gasteiger partial charge in [0.05, 0.1) is 9.95 Å². The number of nitro benzene ring substituents is 1. The summed E-state index contributed by atoms with van der Waals surface area (Å²) in [5, 5.41) is 23.1. The van der Waals surface area contributed by atoms with Crippen molar-refractivity contribution in [3.63, 3.8) is 0 Å². The second kappa shape index (κ2) is 8.83. The number of nitrogens with zero attached hydrogens (tertiary/aromatic N) is 2. The molecule has 160 valence electrons. The average molecular weight is 452 g/mol. The van der Waals surface area contributed by atoms with Crippen LogP contribution in [0, 0.1) is 21.4 Å². The van der Waals surface area contributed by atoms with E-state index in [-0.39, 0.29) is 22.0 Å². The van der Waals surface area contributed by atoms with Crippen molar-refractivity contribution in [2.75, 3.05) is 18.5 Å². The molecular formula is C22H14ClN3O6. The van der Waals surface area contributed by atoms with Crippen molar-refractivity contribution < 1.29 is 23.6 Å². The van der Waals surface area contributed by atoms with Crippen LogP contribution in [0.1, 0.15) is 5.76 Å². The highest BCUT2D eigenvalue weighted by atomic mass is 35.5. The Morgan fingerprint density at radius 3 is 2.62 bits per heavy atom. The Morgan fingerprint density at radius 1 is 1.12 bits per heavy atom. The summed E-state index contributed by atoms with van der Waals surface area (Å²) in [6.45, 7) is 0.865. The van der Waals surface area contributed by atoms with Crippen LogP contribution in [0.2, 0.25) is 5.02 Å². The van der Waals surface area contributed by atoms with Gasteiger partial charge in [0.2, 0.25) is 0 Å². The van der Waals surface area contributed by atoms with Crippen LogP contribution >= 0.6 is 11.6 Å². The normalized spacial score (nSPS) is 12.7. The summed E-state index contributed by atoms with van der Waals surface area (Å²) in [5.74, 6) is 1.03. The van der Waals surface area contributed by atoms with Crippen LogP contribution in [0.3, 0.4) is 0 Å². The number of non-ortho nitro benzene ring substituents is 1. The Labute approximate surface area is 186 Å². The Bertz CT molecular complexity index is 1290. The molecule has 10 heteroatoms. The van der Waals surface area contributed by atoms with Gasteiger partial charge in [0.15, 0.2) is 11.5 Å². The van der Waals surface area contributed by atoms with Crippen LogP contribution < -0.4 is 14.8 Å². The first kappa shape index (κ1) is 21.0. The molecule has 0 aliphatic carbocycles. The third-order valence-corrected chi connectivity index (χ3v) is 4.82. The largest absolute Gasteiger partial charge is 0.486 e. The first-order chi connectivity index (χ1) is 15.4. The van der Waals surface area contributed by atoms with E-state index in [0.717, 1.165) is 0 Å². The number of ether oxygens (including phenoxy) is 2. The van der Waals surface area contributed by atoms with E-state index in [0.29, 0.717) is 41.7 Å². The molecule has 0 atom stereocenters. The minimum Gasteiger partial charge on any atom is -0.486 e. The van der Waals surface area contributed by atoms with Gasteiger partial charge in [-0.05, 0) is 30.3 Å². The molecule has 0 unspecified atom stereocenters. The lowest BCUT2D eigenvalue weighted by atomic mass is 10.1. The molecule has 0 saturated heterocycles. The fraction of sp³-hybridized carbons (Fsp3) is 0.0909. The van der Waals surface area contributed by atoms with E-state index >= 15 is 0 Å². The molecule has 1 aliphatic heterocycles. The summed E-state index contributed by atoms with van der Waals surface area (Å²) in [7, 11) is 0. The Morgan fingerprint density at radius 2 is 1.91 bits per heavy atom. The Kier molecular flexibility index (Phi) is 5.79. The number of anilines is 1. The second-order valence-electron chi connectivity index (χ2n) is 6.61. The molecule has 0 fully saturated rings. The van der Waals surface area contributed by atoms with Gasteiger partial charge >= 0.3 is 0 Å². The van der Waals surface area contributed by atoms with E-state index in [4.69, 9.17) is 25.5 Å². The van der Waals surface area contributed by atoms with Gasteiger partial charge in [0.25, 0.3) is 11.6 Å². The number of nitro groups is 1. The van der Waals surface area contributed by atoms with E-state index < -0.39 is 10.8 Å². The van der Waals surface area contributed by atoms with Crippen LogP contribution in [0.15, 0.2) is 58.5 Å². The van der Waals surface area contributed by atoms with Gasteiger partial charge in [-0.25, -0.2) is 0 Å². The third kappa shape index (κ3) is 4.40. The summed E-state index contributed by atoms with van der Waals surface area (Å²) < 4.78 is 16.6. The van der Waals surface area contributed by atoms with E-state index in [1.165, 1.54) is 24.3 Å². The number of hydrogen-bond acceptors (Lipinski definition) is 7. The lowest BCUT2D eigenvalue weighted by molar-refractivity contribution is -0.384. The summed E-state index contributed by atoms with van der Waals surface area (Å²) >= 11 is 6.13. The monoisotopic (exact) mass is 451 g/mol. The fourth-order valence-corrected chi connectivity index (χ4v) is 3.27. The van der Waals surface area contributed by atoms with Crippen LogP contribution in [0.5, 0.6) is 11.5 Å². The maximum Gasteiger partial charge on any atom is 0.270 e. The van der Waals surface area contributed by atoms with Gasteiger partial charge in [0, 0.05) is 35.5 Å². The number of benzene rings is 2. The highest BCUT2D eigenvalue weighted by Gasteiger charge is 2.16. The number of halogens is 1. The van der Waals surface area contributed by atoms with Crippen molar-refractivity contribution in [2.24, 2.45) is 0 Å². The van der Waals surface area contributed by atoms with Gasteiger partial charge < -0.3 is 19.2 Å². The topological polar surface area (TPSA) is 128 Å². The standard InChI is InChI=1S/C22H14ClN3O6/c23-18-11-15(26(28)29)2-4-17(18)19-6-3-16(32-19)9-13(12-24)22(27)25-14-1-5-20-21(10-14)31-8-7-30-20/h1-6,9-11H,7-8H2,(H,25,27)/b13-9+. The number of furan rings is 1.